The average Bonchev–Trinajstić information content (AvgIpc) is 3.06. The van der Waals surface area contributed by atoms with Crippen LogP contribution in [0.4, 0.5) is 0 Å². The molecular weight excluding hydrogens is 384 g/mol. The number of aryl methyl sites for hydroxylation is 2. The maximum absolute atomic E-state index is 12.4. The van der Waals surface area contributed by atoms with Gasteiger partial charge in [-0.15, -0.1) is 11.8 Å². The smallest absolute Gasteiger partial charge is 0.345 e. The predicted molar refractivity (Wildman–Crippen MR) is 120 cm³/mol. The highest BCUT2D eigenvalue weighted by Gasteiger charge is 2.16. The molecule has 7 nitrogen and oxygen atoms in total. The number of guanidine groups is 1. The first-order chi connectivity index (χ1) is 14.2. The van der Waals surface area contributed by atoms with Gasteiger partial charge < -0.3 is 10.6 Å². The number of benzene rings is 1. The number of fused-ring (bicyclic) bond motifs is 1. The molecule has 8 heteroatoms. The molecule has 0 amide bonds. The van der Waals surface area contributed by atoms with Crippen LogP contribution in [0.25, 0.3) is 0 Å². The van der Waals surface area contributed by atoms with Gasteiger partial charge in [-0.25, -0.2) is 9.48 Å². The molecule has 1 aliphatic heterocycles. The largest absolute Gasteiger partial charge is 0.357 e. The van der Waals surface area contributed by atoms with Gasteiger partial charge in [0.15, 0.2) is 5.96 Å². The first kappa shape index (κ1) is 21.5. The third-order valence-electron chi connectivity index (χ3n) is 4.80. The van der Waals surface area contributed by atoms with Crippen molar-refractivity contribution >= 4 is 17.7 Å². The van der Waals surface area contributed by atoms with Gasteiger partial charge >= 0.3 is 5.69 Å². The molecule has 3 rings (SSSR count). The molecule has 0 bridgehead atoms. The van der Waals surface area contributed by atoms with Crippen molar-refractivity contribution in [3.8, 4) is 0 Å². The normalized spacial score (nSPS) is 15.0. The van der Waals surface area contributed by atoms with E-state index < -0.39 is 0 Å². The van der Waals surface area contributed by atoms with E-state index in [9.17, 15) is 4.79 Å². The van der Waals surface area contributed by atoms with Gasteiger partial charge in [0.1, 0.15) is 5.82 Å². The van der Waals surface area contributed by atoms with Gasteiger partial charge in [0.25, 0.3) is 0 Å². The van der Waals surface area contributed by atoms with Crippen molar-refractivity contribution < 1.29 is 0 Å². The summed E-state index contributed by atoms with van der Waals surface area (Å²) in [7, 11) is 0. The third-order valence-corrected chi connectivity index (χ3v) is 5.90. The summed E-state index contributed by atoms with van der Waals surface area (Å²) in [6.45, 7) is 8.00. The Hall–Kier alpha value is -2.22. The molecule has 158 valence electrons. The highest BCUT2D eigenvalue weighted by atomic mass is 32.2. The standard InChI is InChI=1S/C21H32N6OS/c1-3-22-20(24-16-17(2)29-18-10-5-4-6-11-18)23-13-9-15-27-21(28)26-14-8-7-12-19(26)25-27/h4-6,10-11,17H,3,7-9,12-16H2,1-2H3,(H2,22,23,24). The maximum Gasteiger partial charge on any atom is 0.345 e. The molecule has 0 radical (unpaired) electrons. The molecule has 0 spiro atoms. The molecule has 2 heterocycles. The first-order valence-corrected chi connectivity index (χ1v) is 11.5. The van der Waals surface area contributed by atoms with Crippen molar-refractivity contribution in [3.63, 3.8) is 0 Å². The van der Waals surface area contributed by atoms with Crippen molar-refractivity contribution in [2.24, 2.45) is 4.99 Å². The molecule has 0 saturated heterocycles. The molecule has 0 fully saturated rings. The summed E-state index contributed by atoms with van der Waals surface area (Å²) in [5.41, 5.74) is 0.0343. The fraction of sp³-hybridized carbons (Fsp3) is 0.571. The minimum atomic E-state index is 0.0343. The van der Waals surface area contributed by atoms with Crippen molar-refractivity contribution in [2.75, 3.05) is 19.6 Å². The summed E-state index contributed by atoms with van der Waals surface area (Å²) in [5.74, 6) is 1.76. The van der Waals surface area contributed by atoms with Crippen LogP contribution in [0, 0.1) is 0 Å². The second kappa shape index (κ2) is 11.1. The van der Waals surface area contributed by atoms with E-state index in [1.54, 1.807) is 4.68 Å². The Bertz CT molecular complexity index is 845. The van der Waals surface area contributed by atoms with E-state index in [2.05, 4.69) is 53.8 Å². The lowest BCUT2D eigenvalue weighted by Crippen LogP contribution is -2.38. The second-order valence-electron chi connectivity index (χ2n) is 7.27. The number of thioether (sulfide) groups is 1. The van der Waals surface area contributed by atoms with Crippen LogP contribution in [-0.2, 0) is 19.5 Å². The second-order valence-corrected chi connectivity index (χ2v) is 8.78. The molecule has 2 aromatic rings. The van der Waals surface area contributed by atoms with E-state index in [1.165, 1.54) is 4.90 Å². The van der Waals surface area contributed by atoms with Gasteiger partial charge in [-0.3, -0.25) is 9.56 Å². The summed E-state index contributed by atoms with van der Waals surface area (Å²) in [6, 6.07) is 10.4. The van der Waals surface area contributed by atoms with Crippen LogP contribution in [0.2, 0.25) is 0 Å². The Balaban J connectivity index is 1.45. The van der Waals surface area contributed by atoms with Crippen LogP contribution in [0.3, 0.4) is 0 Å². The van der Waals surface area contributed by atoms with E-state index in [1.807, 2.05) is 22.4 Å². The zero-order chi connectivity index (χ0) is 20.5. The number of hydrogen-bond acceptors (Lipinski definition) is 4. The Morgan fingerprint density at radius 3 is 2.86 bits per heavy atom. The van der Waals surface area contributed by atoms with Crippen molar-refractivity contribution in [3.05, 3.63) is 46.6 Å². The van der Waals surface area contributed by atoms with Gasteiger partial charge in [0.05, 0.1) is 6.54 Å². The molecule has 0 aliphatic carbocycles. The van der Waals surface area contributed by atoms with Gasteiger partial charge in [-0.1, -0.05) is 25.1 Å². The highest BCUT2D eigenvalue weighted by molar-refractivity contribution is 8.00. The lowest BCUT2D eigenvalue weighted by molar-refractivity contribution is 0.509. The lowest BCUT2D eigenvalue weighted by Gasteiger charge is -2.13. The van der Waals surface area contributed by atoms with Crippen molar-refractivity contribution in [2.45, 2.75) is 62.8 Å². The van der Waals surface area contributed by atoms with Crippen LogP contribution >= 0.6 is 11.8 Å². The van der Waals surface area contributed by atoms with E-state index >= 15 is 0 Å². The van der Waals surface area contributed by atoms with E-state index in [-0.39, 0.29) is 5.69 Å². The minimum absolute atomic E-state index is 0.0343. The summed E-state index contributed by atoms with van der Waals surface area (Å²) in [6.07, 6.45) is 3.94. The van der Waals surface area contributed by atoms with E-state index in [0.29, 0.717) is 11.8 Å². The highest BCUT2D eigenvalue weighted by Crippen LogP contribution is 2.22. The maximum atomic E-state index is 12.4. The molecule has 29 heavy (non-hydrogen) atoms. The number of aromatic nitrogens is 3. The van der Waals surface area contributed by atoms with Gasteiger partial charge in [-0.05, 0) is 38.3 Å². The van der Waals surface area contributed by atoms with Crippen LogP contribution < -0.4 is 16.3 Å². The van der Waals surface area contributed by atoms with E-state index in [0.717, 1.165) is 63.6 Å². The van der Waals surface area contributed by atoms with Gasteiger partial charge in [0, 0.05) is 42.7 Å². The molecular formula is C21H32N6OS. The quantitative estimate of drug-likeness (QED) is 0.284. The number of rotatable bonds is 9. The Morgan fingerprint density at radius 2 is 2.10 bits per heavy atom. The molecule has 0 saturated carbocycles. The number of nitrogens with zero attached hydrogens (tertiary/aromatic N) is 4. The van der Waals surface area contributed by atoms with Gasteiger partial charge in [0.2, 0.25) is 0 Å². The molecule has 1 unspecified atom stereocenters. The Labute approximate surface area is 177 Å². The van der Waals surface area contributed by atoms with Crippen molar-refractivity contribution in [1.82, 2.24) is 25.0 Å². The fourth-order valence-electron chi connectivity index (χ4n) is 3.36. The fourth-order valence-corrected chi connectivity index (χ4v) is 4.29. The molecule has 2 N–H and O–H groups in total. The molecule has 1 aromatic heterocycles. The van der Waals surface area contributed by atoms with E-state index in [4.69, 9.17) is 4.99 Å². The van der Waals surface area contributed by atoms with Crippen molar-refractivity contribution in [1.29, 1.82) is 0 Å². The zero-order valence-electron chi connectivity index (χ0n) is 17.4. The number of nitrogens with one attached hydrogen (secondary N) is 2. The number of aliphatic imine (C=N–C) groups is 1. The summed E-state index contributed by atoms with van der Waals surface area (Å²) in [4.78, 5) is 18.4. The average molecular weight is 417 g/mol. The zero-order valence-corrected chi connectivity index (χ0v) is 18.2. The minimum Gasteiger partial charge on any atom is -0.357 e. The number of hydrogen-bond donors (Lipinski definition) is 2. The summed E-state index contributed by atoms with van der Waals surface area (Å²) >= 11 is 1.83. The van der Waals surface area contributed by atoms with Gasteiger partial charge in [-0.2, -0.15) is 5.10 Å². The Kier molecular flexibility index (Phi) is 8.22. The summed E-state index contributed by atoms with van der Waals surface area (Å²) in [5, 5.41) is 11.5. The van der Waals surface area contributed by atoms with Crippen LogP contribution in [-0.4, -0.2) is 45.2 Å². The predicted octanol–water partition coefficient (Wildman–Crippen LogP) is 2.51. The Morgan fingerprint density at radius 1 is 1.28 bits per heavy atom. The third kappa shape index (κ3) is 6.39. The molecule has 1 aromatic carbocycles. The SMILES string of the molecule is CCNC(=NCC(C)Sc1ccccc1)NCCCn1nc2n(c1=O)CCCC2. The topological polar surface area (TPSA) is 76.2 Å². The lowest BCUT2D eigenvalue weighted by atomic mass is 10.2. The van der Waals surface area contributed by atoms with Crippen LogP contribution in [0.15, 0.2) is 45.0 Å². The van der Waals surface area contributed by atoms with Crippen LogP contribution in [0.1, 0.15) is 38.9 Å². The monoisotopic (exact) mass is 416 g/mol. The van der Waals surface area contributed by atoms with Crippen LogP contribution in [0.5, 0.6) is 0 Å². The first-order valence-electron chi connectivity index (χ1n) is 10.6. The summed E-state index contributed by atoms with van der Waals surface area (Å²) < 4.78 is 3.44. The molecule has 1 atom stereocenters. The molecule has 1 aliphatic rings.